The highest BCUT2D eigenvalue weighted by molar-refractivity contribution is 7.12. The number of hydrogen-bond acceptors (Lipinski definition) is 3. The Balaban J connectivity index is 1.73. The summed E-state index contributed by atoms with van der Waals surface area (Å²) in [7, 11) is 0. The van der Waals surface area contributed by atoms with Gasteiger partial charge in [-0.15, -0.1) is 11.3 Å². The van der Waals surface area contributed by atoms with Gasteiger partial charge < -0.3 is 10.2 Å². The molecule has 132 valence electrons. The summed E-state index contributed by atoms with van der Waals surface area (Å²) < 4.78 is 38.3. The summed E-state index contributed by atoms with van der Waals surface area (Å²) >= 11 is 1.29. The molecule has 2 heterocycles. The second-order valence-corrected chi connectivity index (χ2v) is 6.65. The maximum Gasteiger partial charge on any atom is 0.416 e. The minimum absolute atomic E-state index is 0.0650. The molecule has 1 saturated heterocycles. The van der Waals surface area contributed by atoms with Gasteiger partial charge in [0.15, 0.2) is 0 Å². The number of likely N-dealkylation sites (tertiary alicyclic amines) is 1. The molecule has 2 aromatic rings. The molecule has 0 radical (unpaired) electrons. The van der Waals surface area contributed by atoms with Crippen molar-refractivity contribution in [3.63, 3.8) is 0 Å². The van der Waals surface area contributed by atoms with Crippen LogP contribution in [0.2, 0.25) is 0 Å². The number of thiophene rings is 1. The van der Waals surface area contributed by atoms with Crippen LogP contribution in [0.1, 0.15) is 28.1 Å². The molecule has 1 fully saturated rings. The molecule has 25 heavy (non-hydrogen) atoms. The predicted molar refractivity (Wildman–Crippen MR) is 88.5 cm³/mol. The van der Waals surface area contributed by atoms with Crippen LogP contribution in [-0.2, 0) is 11.0 Å². The minimum atomic E-state index is -4.48. The van der Waals surface area contributed by atoms with Gasteiger partial charge in [0.1, 0.15) is 6.04 Å². The number of amides is 2. The van der Waals surface area contributed by atoms with E-state index in [0.29, 0.717) is 24.3 Å². The SMILES string of the molecule is O=C(Nc1cccc(C(F)(F)F)c1)[C@H]1CCCN1C(=O)c1cccs1. The highest BCUT2D eigenvalue weighted by Crippen LogP contribution is 2.31. The van der Waals surface area contributed by atoms with Crippen molar-refractivity contribution in [3.8, 4) is 0 Å². The van der Waals surface area contributed by atoms with Crippen LogP contribution in [0, 0.1) is 0 Å². The van der Waals surface area contributed by atoms with Crippen LogP contribution in [0.25, 0.3) is 0 Å². The summed E-state index contributed by atoms with van der Waals surface area (Å²) in [6, 6.07) is 7.23. The lowest BCUT2D eigenvalue weighted by atomic mass is 10.1. The molecular weight excluding hydrogens is 353 g/mol. The minimum Gasteiger partial charge on any atom is -0.326 e. The van der Waals surface area contributed by atoms with Crippen LogP contribution in [-0.4, -0.2) is 29.3 Å². The molecule has 1 atom stereocenters. The number of anilines is 1. The maximum atomic E-state index is 12.8. The van der Waals surface area contributed by atoms with Gasteiger partial charge in [-0.3, -0.25) is 9.59 Å². The number of nitrogens with one attached hydrogen (secondary N) is 1. The molecule has 2 amide bonds. The van der Waals surface area contributed by atoms with E-state index in [0.717, 1.165) is 12.1 Å². The highest BCUT2D eigenvalue weighted by Gasteiger charge is 2.35. The molecule has 0 bridgehead atoms. The van der Waals surface area contributed by atoms with Crippen LogP contribution in [0.15, 0.2) is 41.8 Å². The Kier molecular flexibility index (Phi) is 4.80. The van der Waals surface area contributed by atoms with Gasteiger partial charge in [0.2, 0.25) is 5.91 Å². The van der Waals surface area contributed by atoms with E-state index in [1.54, 1.807) is 17.5 Å². The Morgan fingerprint density at radius 1 is 1.20 bits per heavy atom. The van der Waals surface area contributed by atoms with Gasteiger partial charge in [-0.25, -0.2) is 0 Å². The van der Waals surface area contributed by atoms with E-state index >= 15 is 0 Å². The zero-order chi connectivity index (χ0) is 18.0. The average Bonchev–Trinajstić information content (AvgIpc) is 3.25. The summed E-state index contributed by atoms with van der Waals surface area (Å²) in [4.78, 5) is 27.0. The third-order valence-electron chi connectivity index (χ3n) is 4.01. The van der Waals surface area contributed by atoms with Crippen LogP contribution < -0.4 is 5.32 Å². The first-order valence-corrected chi connectivity index (χ1v) is 8.57. The molecule has 1 aliphatic heterocycles. The standard InChI is InChI=1S/C17H15F3N2O2S/c18-17(19,20)11-4-1-5-12(10-11)21-15(23)13-6-2-8-22(13)16(24)14-7-3-9-25-14/h1,3-5,7,9-10,13H,2,6,8H2,(H,21,23)/t13-/m1/s1. The average molecular weight is 368 g/mol. The normalized spacial score (nSPS) is 17.6. The summed E-state index contributed by atoms with van der Waals surface area (Å²) in [5, 5.41) is 4.28. The number of benzene rings is 1. The molecule has 1 aromatic carbocycles. The van der Waals surface area contributed by atoms with Crippen LogP contribution >= 0.6 is 11.3 Å². The van der Waals surface area contributed by atoms with Crippen molar-refractivity contribution in [1.82, 2.24) is 4.90 Å². The van der Waals surface area contributed by atoms with Crippen molar-refractivity contribution >= 4 is 28.8 Å². The molecular formula is C17H15F3N2O2S. The third kappa shape index (κ3) is 3.84. The van der Waals surface area contributed by atoms with Crippen LogP contribution in [0.4, 0.5) is 18.9 Å². The van der Waals surface area contributed by atoms with Gasteiger partial charge >= 0.3 is 6.18 Å². The van der Waals surface area contributed by atoms with Crippen LogP contribution in [0.3, 0.4) is 0 Å². The first kappa shape index (κ1) is 17.5. The van der Waals surface area contributed by atoms with Crippen molar-refractivity contribution in [3.05, 3.63) is 52.2 Å². The zero-order valence-corrected chi connectivity index (χ0v) is 13.9. The number of carbonyl (C=O) groups is 2. The van der Waals surface area contributed by atoms with E-state index in [1.165, 1.54) is 28.4 Å². The zero-order valence-electron chi connectivity index (χ0n) is 13.0. The van der Waals surface area contributed by atoms with Crippen molar-refractivity contribution in [2.24, 2.45) is 0 Å². The quantitative estimate of drug-likeness (QED) is 0.890. The fourth-order valence-electron chi connectivity index (χ4n) is 2.82. The highest BCUT2D eigenvalue weighted by atomic mass is 32.1. The fraction of sp³-hybridized carbons (Fsp3) is 0.294. The summed E-state index contributed by atoms with van der Waals surface area (Å²) in [6.45, 7) is 0.456. The predicted octanol–water partition coefficient (Wildman–Crippen LogP) is 4.01. The first-order chi connectivity index (χ1) is 11.9. The van der Waals surface area contributed by atoms with E-state index in [1.807, 2.05) is 0 Å². The van der Waals surface area contributed by atoms with Gasteiger partial charge in [-0.1, -0.05) is 12.1 Å². The van der Waals surface area contributed by atoms with Crippen molar-refractivity contribution < 1.29 is 22.8 Å². The molecule has 3 rings (SSSR count). The van der Waals surface area contributed by atoms with Crippen molar-refractivity contribution in [2.45, 2.75) is 25.1 Å². The van der Waals surface area contributed by atoms with E-state index in [9.17, 15) is 22.8 Å². The van der Waals surface area contributed by atoms with Gasteiger partial charge in [0.05, 0.1) is 10.4 Å². The molecule has 8 heteroatoms. The number of alkyl halides is 3. The van der Waals surface area contributed by atoms with Gasteiger partial charge in [-0.2, -0.15) is 13.2 Å². The molecule has 0 spiro atoms. The first-order valence-electron chi connectivity index (χ1n) is 7.69. The number of rotatable bonds is 3. The Hall–Kier alpha value is -2.35. The molecule has 1 aliphatic rings. The lowest BCUT2D eigenvalue weighted by molar-refractivity contribution is -0.137. The second-order valence-electron chi connectivity index (χ2n) is 5.70. The monoisotopic (exact) mass is 368 g/mol. The van der Waals surface area contributed by atoms with E-state index in [-0.39, 0.29) is 11.6 Å². The Morgan fingerprint density at radius 2 is 2.00 bits per heavy atom. The van der Waals surface area contributed by atoms with E-state index in [4.69, 9.17) is 0 Å². The van der Waals surface area contributed by atoms with Crippen LogP contribution in [0.5, 0.6) is 0 Å². The second kappa shape index (κ2) is 6.87. The van der Waals surface area contributed by atoms with E-state index < -0.39 is 23.7 Å². The van der Waals surface area contributed by atoms with Gasteiger partial charge in [0, 0.05) is 12.2 Å². The lowest BCUT2D eigenvalue weighted by Crippen LogP contribution is -2.43. The lowest BCUT2D eigenvalue weighted by Gasteiger charge is -2.23. The molecule has 0 saturated carbocycles. The number of hydrogen-bond donors (Lipinski definition) is 1. The molecule has 4 nitrogen and oxygen atoms in total. The van der Waals surface area contributed by atoms with Crippen molar-refractivity contribution in [1.29, 1.82) is 0 Å². The van der Waals surface area contributed by atoms with Gasteiger partial charge in [0.25, 0.3) is 5.91 Å². The molecule has 1 N–H and O–H groups in total. The molecule has 1 aromatic heterocycles. The topological polar surface area (TPSA) is 49.4 Å². The number of halogens is 3. The summed E-state index contributed by atoms with van der Waals surface area (Å²) in [5.74, 6) is -0.696. The summed E-state index contributed by atoms with van der Waals surface area (Å²) in [5.41, 5.74) is -0.765. The Labute approximate surface area is 146 Å². The van der Waals surface area contributed by atoms with Gasteiger partial charge in [-0.05, 0) is 42.5 Å². The molecule has 0 unspecified atom stereocenters. The Bertz CT molecular complexity index is 774. The number of nitrogens with zero attached hydrogens (tertiary/aromatic N) is 1. The maximum absolute atomic E-state index is 12.8. The Morgan fingerprint density at radius 3 is 2.68 bits per heavy atom. The van der Waals surface area contributed by atoms with E-state index in [2.05, 4.69) is 5.32 Å². The fourth-order valence-corrected chi connectivity index (χ4v) is 3.50. The smallest absolute Gasteiger partial charge is 0.326 e. The molecule has 0 aliphatic carbocycles. The summed E-state index contributed by atoms with van der Waals surface area (Å²) in [6.07, 6.45) is -3.31. The van der Waals surface area contributed by atoms with Crippen molar-refractivity contribution in [2.75, 3.05) is 11.9 Å². The third-order valence-corrected chi connectivity index (χ3v) is 4.86. The largest absolute Gasteiger partial charge is 0.416 e. The number of carbonyl (C=O) groups excluding carboxylic acids is 2.